The fraction of sp³-hybridized carbons (Fsp3) is 0.538. The summed E-state index contributed by atoms with van der Waals surface area (Å²) in [7, 11) is -1.69. The lowest BCUT2D eigenvalue weighted by Crippen LogP contribution is -2.53. The molecule has 1 aromatic carbocycles. The highest BCUT2D eigenvalue weighted by Crippen LogP contribution is 2.60. The maximum absolute atomic E-state index is 14.1. The Hall–Kier alpha value is -2.72. The van der Waals surface area contributed by atoms with Crippen LogP contribution in [0.2, 0.25) is 0 Å². The molecule has 9 nitrogen and oxygen atoms in total. The van der Waals surface area contributed by atoms with Crippen LogP contribution in [-0.4, -0.2) is 87.0 Å². The molecule has 1 aliphatic carbocycles. The van der Waals surface area contributed by atoms with Gasteiger partial charge in [0.2, 0.25) is 5.92 Å². The summed E-state index contributed by atoms with van der Waals surface area (Å²) in [5.41, 5.74) is -0.832. The van der Waals surface area contributed by atoms with Crippen molar-refractivity contribution in [2.24, 2.45) is 0 Å². The molecule has 15 heteroatoms. The Kier molecular flexibility index (Phi) is 8.11. The van der Waals surface area contributed by atoms with E-state index in [1.807, 2.05) is 0 Å². The van der Waals surface area contributed by atoms with Gasteiger partial charge in [0.05, 0.1) is 41.6 Å². The van der Waals surface area contributed by atoms with Crippen LogP contribution in [0.25, 0.3) is 11.3 Å². The van der Waals surface area contributed by atoms with Gasteiger partial charge in [0.15, 0.2) is 17.5 Å². The molecular weight excluding hydrogens is 573 g/mol. The lowest BCUT2D eigenvalue weighted by molar-refractivity contribution is -0.105. The number of halogens is 5. The van der Waals surface area contributed by atoms with Crippen molar-refractivity contribution in [1.29, 1.82) is 0 Å². The smallest absolute Gasteiger partial charge is 0.248 e. The van der Waals surface area contributed by atoms with Gasteiger partial charge < -0.3 is 20.4 Å². The highest BCUT2D eigenvalue weighted by molar-refractivity contribution is 8.18. The van der Waals surface area contributed by atoms with Gasteiger partial charge in [-0.25, -0.2) is 37.5 Å². The predicted molar refractivity (Wildman–Crippen MR) is 139 cm³/mol. The number of thiol groups is 1. The number of nitrogens with zero attached hydrogens (tertiary/aromatic N) is 5. The van der Waals surface area contributed by atoms with Gasteiger partial charge in [0, 0.05) is 35.6 Å². The molecule has 1 saturated heterocycles. The van der Waals surface area contributed by atoms with Crippen molar-refractivity contribution in [3.8, 4) is 11.3 Å². The Balaban J connectivity index is 1.49. The molecule has 2 aliphatic rings. The Morgan fingerprint density at radius 1 is 1.07 bits per heavy atom. The Bertz CT molecular complexity index is 1380. The van der Waals surface area contributed by atoms with Crippen molar-refractivity contribution in [2.75, 3.05) is 12.4 Å². The van der Waals surface area contributed by atoms with Crippen LogP contribution in [0.4, 0.5) is 22.0 Å². The molecule has 1 unspecified atom stereocenters. The molecule has 0 radical (unpaired) electrons. The van der Waals surface area contributed by atoms with E-state index in [0.717, 1.165) is 16.8 Å². The van der Waals surface area contributed by atoms with E-state index in [1.54, 1.807) is 13.0 Å². The maximum atomic E-state index is 14.1. The minimum Gasteiger partial charge on any atom is -0.395 e. The van der Waals surface area contributed by atoms with Gasteiger partial charge in [0.25, 0.3) is 0 Å². The second kappa shape index (κ2) is 11.2. The highest BCUT2D eigenvalue weighted by atomic mass is 32.2. The van der Waals surface area contributed by atoms with Gasteiger partial charge in [-0.05, 0) is 43.5 Å². The van der Waals surface area contributed by atoms with E-state index in [1.165, 1.54) is 12.4 Å². The van der Waals surface area contributed by atoms with Gasteiger partial charge in [-0.3, -0.25) is 0 Å². The SMILES string of the molecule is Cc1ccnnc1[C@@H]([SH]1C[C@H](O)[C@H](n2cc(-c3cc(F)c(F)c(F)c3)nn2)[C@@H](O)[C@H]1CO)C1(O)CCC(F)(F)CC1. The summed E-state index contributed by atoms with van der Waals surface area (Å²) in [6, 6.07) is 1.98. The van der Waals surface area contributed by atoms with Crippen LogP contribution in [0.15, 0.2) is 30.6 Å². The summed E-state index contributed by atoms with van der Waals surface area (Å²) >= 11 is 0. The van der Waals surface area contributed by atoms with E-state index in [2.05, 4.69) is 20.5 Å². The maximum Gasteiger partial charge on any atom is 0.248 e. The molecule has 5 rings (SSSR count). The molecule has 2 aromatic heterocycles. The number of hydrogen-bond donors (Lipinski definition) is 5. The zero-order valence-corrected chi connectivity index (χ0v) is 22.8. The molecule has 0 bridgehead atoms. The second-order valence-electron chi connectivity index (χ2n) is 10.8. The third kappa shape index (κ3) is 5.57. The zero-order valence-electron chi connectivity index (χ0n) is 21.9. The van der Waals surface area contributed by atoms with Crippen LogP contribution in [0.1, 0.15) is 48.2 Å². The number of aryl methyl sites for hydroxylation is 1. The van der Waals surface area contributed by atoms with Crippen molar-refractivity contribution < 1.29 is 42.4 Å². The topological polar surface area (TPSA) is 137 Å². The molecule has 224 valence electrons. The Labute approximate surface area is 234 Å². The zero-order chi connectivity index (χ0) is 29.7. The lowest BCUT2D eigenvalue weighted by Gasteiger charge is -2.53. The molecule has 1 aliphatic heterocycles. The van der Waals surface area contributed by atoms with E-state index in [0.29, 0.717) is 11.3 Å². The normalized spacial score (nSPS) is 29.3. The summed E-state index contributed by atoms with van der Waals surface area (Å²) in [6.45, 7) is 1.17. The highest BCUT2D eigenvalue weighted by Gasteiger charge is 2.54. The van der Waals surface area contributed by atoms with E-state index in [9.17, 15) is 42.4 Å². The van der Waals surface area contributed by atoms with Crippen LogP contribution in [0, 0.1) is 24.4 Å². The molecule has 0 spiro atoms. The minimum atomic E-state index is -2.93. The molecular formula is C26H30F5N5O4S. The molecule has 41 heavy (non-hydrogen) atoms. The number of aliphatic hydroxyl groups excluding tert-OH is 3. The minimum absolute atomic E-state index is 0.0311. The van der Waals surface area contributed by atoms with Crippen molar-refractivity contribution in [1.82, 2.24) is 25.2 Å². The number of alkyl halides is 2. The van der Waals surface area contributed by atoms with Crippen molar-refractivity contribution >= 4 is 10.9 Å². The van der Waals surface area contributed by atoms with Gasteiger partial charge in [-0.15, -0.1) is 5.10 Å². The first-order valence-corrected chi connectivity index (χ1v) is 14.7. The van der Waals surface area contributed by atoms with Gasteiger partial charge in [-0.2, -0.15) is 10.2 Å². The number of hydrogen-bond acceptors (Lipinski definition) is 8. The third-order valence-electron chi connectivity index (χ3n) is 8.15. The van der Waals surface area contributed by atoms with Crippen LogP contribution in [0.3, 0.4) is 0 Å². The lowest BCUT2D eigenvalue weighted by atomic mass is 9.79. The number of aromatic nitrogens is 5. The average molecular weight is 604 g/mol. The summed E-state index contributed by atoms with van der Waals surface area (Å²) in [4.78, 5) is 0. The average Bonchev–Trinajstić information content (AvgIpc) is 3.40. The second-order valence-corrected chi connectivity index (χ2v) is 13.4. The molecule has 0 amide bonds. The number of aliphatic hydroxyl groups is 4. The van der Waals surface area contributed by atoms with E-state index < -0.39 is 88.1 Å². The first-order chi connectivity index (χ1) is 19.3. The van der Waals surface area contributed by atoms with Gasteiger partial charge in [-0.1, -0.05) is 5.21 Å². The molecule has 4 N–H and O–H groups in total. The largest absolute Gasteiger partial charge is 0.395 e. The van der Waals surface area contributed by atoms with E-state index in [-0.39, 0.29) is 29.9 Å². The van der Waals surface area contributed by atoms with Gasteiger partial charge >= 0.3 is 0 Å². The summed E-state index contributed by atoms with van der Waals surface area (Å²) in [5.74, 6) is -7.47. The quantitative estimate of drug-likeness (QED) is 0.165. The van der Waals surface area contributed by atoms with Crippen molar-refractivity contribution in [3.05, 3.63) is 59.3 Å². The Morgan fingerprint density at radius 2 is 1.73 bits per heavy atom. The molecule has 2 fully saturated rings. The number of rotatable bonds is 6. The van der Waals surface area contributed by atoms with Crippen molar-refractivity contribution in [3.63, 3.8) is 0 Å². The first kappa shape index (κ1) is 29.8. The summed E-state index contributed by atoms with van der Waals surface area (Å²) in [5, 5.41) is 59.1. The van der Waals surface area contributed by atoms with Crippen molar-refractivity contribution in [2.45, 2.75) is 72.9 Å². The van der Waals surface area contributed by atoms with E-state index >= 15 is 0 Å². The number of benzene rings is 1. The third-order valence-corrected chi connectivity index (χ3v) is 11.7. The molecule has 1 saturated carbocycles. The molecule has 3 aromatic rings. The molecule has 3 heterocycles. The fourth-order valence-corrected chi connectivity index (χ4v) is 9.67. The van der Waals surface area contributed by atoms with Crippen LogP contribution in [0.5, 0.6) is 0 Å². The first-order valence-electron chi connectivity index (χ1n) is 13.0. The summed E-state index contributed by atoms with van der Waals surface area (Å²) in [6.07, 6.45) is -1.66. The predicted octanol–water partition coefficient (Wildman–Crippen LogP) is 2.78. The van der Waals surface area contributed by atoms with Crippen LogP contribution >= 0.6 is 10.9 Å². The van der Waals surface area contributed by atoms with Crippen LogP contribution < -0.4 is 0 Å². The summed E-state index contributed by atoms with van der Waals surface area (Å²) < 4.78 is 70.3. The fourth-order valence-electron chi connectivity index (χ4n) is 5.93. The van der Waals surface area contributed by atoms with E-state index in [4.69, 9.17) is 0 Å². The van der Waals surface area contributed by atoms with Gasteiger partial charge in [0.1, 0.15) is 11.7 Å². The standard InChI is InChI=1S/C26H30F5N5O4S/c1-13-2-7-32-34-21(13)24(25(40)3-5-26(30,31)6-4-25)41-12-18(38)22(23(39)19(41)11-37)36-10-17(33-35-36)14-8-15(27)20(29)16(28)9-14/h2,7-10,18-19,22-24,37-41H,3-6,11-12H2,1H3/t18-,19+,22-,23-,24+/m0/s1. The Morgan fingerprint density at radius 3 is 2.34 bits per heavy atom. The van der Waals surface area contributed by atoms with Crippen LogP contribution in [-0.2, 0) is 0 Å². The molecule has 6 atom stereocenters. The monoisotopic (exact) mass is 603 g/mol.